The van der Waals surface area contributed by atoms with E-state index in [0.717, 1.165) is 5.56 Å². The summed E-state index contributed by atoms with van der Waals surface area (Å²) in [5, 5.41) is 0. The summed E-state index contributed by atoms with van der Waals surface area (Å²) in [6, 6.07) is 7.31. The van der Waals surface area contributed by atoms with Gasteiger partial charge in [-0.3, -0.25) is 0 Å². The second-order valence-electron chi connectivity index (χ2n) is 9.55. The van der Waals surface area contributed by atoms with Crippen LogP contribution in [0.15, 0.2) is 24.3 Å². The molecule has 0 heterocycles. The molecule has 0 saturated carbocycles. The fourth-order valence-corrected chi connectivity index (χ4v) is 10.2. The first-order valence-corrected chi connectivity index (χ1v) is 14.4. The first-order chi connectivity index (χ1) is 17.1. The van der Waals surface area contributed by atoms with Crippen molar-refractivity contribution in [3.63, 3.8) is 0 Å². The lowest BCUT2D eigenvalue weighted by Gasteiger charge is -2.38. The summed E-state index contributed by atoms with van der Waals surface area (Å²) in [5.74, 6) is 14.9. The van der Waals surface area contributed by atoms with Gasteiger partial charge in [-0.2, -0.15) is 0 Å². The van der Waals surface area contributed by atoms with Gasteiger partial charge in [-0.05, 0) is 16.6 Å². The Morgan fingerprint density at radius 1 is 0.556 bits per heavy atom. The van der Waals surface area contributed by atoms with Crippen LogP contribution in [-0.4, -0.2) is 36.5 Å². The van der Waals surface area contributed by atoms with Crippen molar-refractivity contribution in [2.45, 2.75) is 58.2 Å². The van der Waals surface area contributed by atoms with Crippen LogP contribution in [0.2, 0.25) is 16.6 Å². The zero-order chi connectivity index (χ0) is 27.0. The van der Waals surface area contributed by atoms with E-state index in [9.17, 15) is 0 Å². The maximum absolute atomic E-state index is 5.72. The zero-order valence-corrected chi connectivity index (χ0v) is 24.3. The standard InChI is InChI=1S/C31H38O4Si/c1-12-24-17-29(33-9)25(18-28(24)32-8)13-14-26-19-31(35-11)27(20-30(26)34-10)15-16-36(21(2)3,22(4)5)23(6)7/h1,17-23H,2-11H3. The molecule has 0 atom stereocenters. The van der Waals surface area contributed by atoms with Gasteiger partial charge in [-0.25, -0.2) is 0 Å². The molecule has 36 heavy (non-hydrogen) atoms. The third kappa shape index (κ3) is 5.84. The molecule has 0 amide bonds. The van der Waals surface area contributed by atoms with Crippen molar-refractivity contribution in [3.05, 3.63) is 46.5 Å². The molecule has 0 aromatic heterocycles. The third-order valence-electron chi connectivity index (χ3n) is 6.81. The first-order valence-electron chi connectivity index (χ1n) is 12.1. The summed E-state index contributed by atoms with van der Waals surface area (Å²) in [5.41, 5.74) is 8.11. The molecule has 0 N–H and O–H groups in total. The summed E-state index contributed by atoms with van der Waals surface area (Å²) in [4.78, 5) is 0. The van der Waals surface area contributed by atoms with Crippen LogP contribution in [0.4, 0.5) is 0 Å². The average Bonchev–Trinajstić information content (AvgIpc) is 2.86. The molecule has 0 unspecified atom stereocenters. The minimum Gasteiger partial charge on any atom is -0.495 e. The lowest BCUT2D eigenvalue weighted by atomic mass is 10.1. The number of hydrogen-bond acceptors (Lipinski definition) is 4. The summed E-state index contributed by atoms with van der Waals surface area (Å²) in [6.45, 7) is 13.8. The molecule has 0 saturated heterocycles. The van der Waals surface area contributed by atoms with E-state index in [1.165, 1.54) is 0 Å². The second kappa shape index (κ2) is 12.5. The minimum absolute atomic E-state index is 0.538. The van der Waals surface area contributed by atoms with Crippen LogP contribution in [0, 0.1) is 35.6 Å². The smallest absolute Gasteiger partial charge is 0.146 e. The maximum Gasteiger partial charge on any atom is 0.146 e. The Labute approximate surface area is 218 Å². The van der Waals surface area contributed by atoms with Gasteiger partial charge in [-0.1, -0.05) is 65.2 Å². The van der Waals surface area contributed by atoms with E-state index >= 15 is 0 Å². The predicted molar refractivity (Wildman–Crippen MR) is 151 cm³/mol. The molecule has 190 valence electrons. The lowest BCUT2D eigenvalue weighted by Crippen LogP contribution is -2.43. The number of methoxy groups -OCH3 is 4. The van der Waals surface area contributed by atoms with Crippen LogP contribution >= 0.6 is 0 Å². The number of ether oxygens (including phenoxy) is 4. The summed E-state index contributed by atoms with van der Waals surface area (Å²) < 4.78 is 22.3. The molecule has 2 rings (SSSR count). The van der Waals surface area contributed by atoms with Gasteiger partial charge in [-0.15, -0.1) is 12.0 Å². The van der Waals surface area contributed by atoms with Gasteiger partial charge in [0.25, 0.3) is 0 Å². The number of rotatable bonds is 7. The Balaban J connectivity index is 2.65. The molecule has 0 aliphatic rings. The van der Waals surface area contributed by atoms with Gasteiger partial charge >= 0.3 is 0 Å². The molecule has 0 bridgehead atoms. The van der Waals surface area contributed by atoms with Crippen LogP contribution in [0.5, 0.6) is 23.0 Å². The highest BCUT2D eigenvalue weighted by molar-refractivity contribution is 6.90. The molecule has 2 aromatic carbocycles. The van der Waals surface area contributed by atoms with E-state index in [1.807, 2.05) is 12.1 Å². The quantitative estimate of drug-likeness (QED) is 0.313. The largest absolute Gasteiger partial charge is 0.495 e. The number of hydrogen-bond donors (Lipinski definition) is 0. The molecule has 0 aliphatic carbocycles. The summed E-state index contributed by atoms with van der Waals surface area (Å²) >= 11 is 0. The average molecular weight is 503 g/mol. The van der Waals surface area contributed by atoms with E-state index in [-0.39, 0.29) is 0 Å². The van der Waals surface area contributed by atoms with E-state index in [1.54, 1.807) is 40.6 Å². The number of benzene rings is 2. The van der Waals surface area contributed by atoms with Crippen molar-refractivity contribution in [1.29, 1.82) is 0 Å². The van der Waals surface area contributed by atoms with Crippen LogP contribution in [-0.2, 0) is 0 Å². The van der Waals surface area contributed by atoms with Gasteiger partial charge in [0.2, 0.25) is 0 Å². The second-order valence-corrected chi connectivity index (χ2v) is 15.1. The fourth-order valence-electron chi connectivity index (χ4n) is 4.94. The van der Waals surface area contributed by atoms with E-state index in [2.05, 4.69) is 70.8 Å². The van der Waals surface area contributed by atoms with Crippen LogP contribution in [0.25, 0.3) is 0 Å². The van der Waals surface area contributed by atoms with Gasteiger partial charge in [0, 0.05) is 24.3 Å². The monoisotopic (exact) mass is 502 g/mol. The van der Waals surface area contributed by atoms with E-state index in [4.69, 9.17) is 25.4 Å². The zero-order valence-electron chi connectivity index (χ0n) is 23.3. The first kappa shape index (κ1) is 28.8. The van der Waals surface area contributed by atoms with Crippen LogP contribution < -0.4 is 18.9 Å². The summed E-state index contributed by atoms with van der Waals surface area (Å²) in [6.07, 6.45) is 5.59. The van der Waals surface area contributed by atoms with Gasteiger partial charge in [0.15, 0.2) is 0 Å². The van der Waals surface area contributed by atoms with Crippen molar-refractivity contribution in [2.24, 2.45) is 0 Å². The fraction of sp³-hybridized carbons (Fsp3) is 0.419. The Morgan fingerprint density at radius 3 is 1.17 bits per heavy atom. The number of terminal acetylenes is 1. The SMILES string of the molecule is C#Cc1cc(OC)c(C#Cc2cc(OC)c(C#C[Si](C(C)C)(C(C)C)C(C)C)cc2OC)cc1OC. The normalized spacial score (nSPS) is 10.8. The predicted octanol–water partition coefficient (Wildman–Crippen LogP) is 6.67. The highest BCUT2D eigenvalue weighted by Crippen LogP contribution is 2.41. The topological polar surface area (TPSA) is 36.9 Å². The van der Waals surface area contributed by atoms with Gasteiger partial charge in [0.1, 0.15) is 31.1 Å². The van der Waals surface area contributed by atoms with Crippen molar-refractivity contribution in [1.82, 2.24) is 0 Å². The van der Waals surface area contributed by atoms with Crippen molar-refractivity contribution in [3.8, 4) is 58.6 Å². The summed E-state index contributed by atoms with van der Waals surface area (Å²) in [7, 11) is 4.53. The Bertz CT molecular complexity index is 1220. The Kier molecular flexibility index (Phi) is 9.98. The molecule has 4 nitrogen and oxygen atoms in total. The minimum atomic E-state index is -1.90. The van der Waals surface area contributed by atoms with Crippen molar-refractivity contribution in [2.75, 3.05) is 28.4 Å². The Morgan fingerprint density at radius 2 is 0.861 bits per heavy atom. The van der Waals surface area contributed by atoms with Gasteiger partial charge < -0.3 is 18.9 Å². The highest BCUT2D eigenvalue weighted by atomic mass is 28.3. The van der Waals surface area contributed by atoms with E-state index < -0.39 is 8.07 Å². The Hall–Kier alpha value is -3.46. The molecule has 0 spiro atoms. The third-order valence-corrected chi connectivity index (χ3v) is 13.1. The van der Waals surface area contributed by atoms with Gasteiger partial charge in [0.05, 0.1) is 50.7 Å². The lowest BCUT2D eigenvalue weighted by molar-refractivity contribution is 0.401. The molecular formula is C31H38O4Si. The van der Waals surface area contributed by atoms with Crippen LogP contribution in [0.3, 0.4) is 0 Å². The van der Waals surface area contributed by atoms with Crippen molar-refractivity contribution < 1.29 is 18.9 Å². The van der Waals surface area contributed by atoms with Crippen molar-refractivity contribution >= 4 is 8.07 Å². The molecular weight excluding hydrogens is 464 g/mol. The van der Waals surface area contributed by atoms with Crippen LogP contribution in [0.1, 0.15) is 63.8 Å². The maximum atomic E-state index is 5.72. The molecule has 2 aromatic rings. The molecule has 0 radical (unpaired) electrons. The molecule has 5 heteroatoms. The van der Waals surface area contributed by atoms with E-state index in [0.29, 0.717) is 56.3 Å². The molecule has 0 fully saturated rings. The molecule has 0 aliphatic heterocycles. The highest BCUT2D eigenvalue weighted by Gasteiger charge is 2.41.